The molecule has 0 bridgehead atoms. The van der Waals surface area contributed by atoms with E-state index >= 15 is 0 Å². The summed E-state index contributed by atoms with van der Waals surface area (Å²) < 4.78 is 1.64. The lowest BCUT2D eigenvalue weighted by molar-refractivity contribution is 0.0718. The summed E-state index contributed by atoms with van der Waals surface area (Å²) in [5.74, 6) is 0.470. The zero-order valence-electron chi connectivity index (χ0n) is 13.2. The van der Waals surface area contributed by atoms with Crippen LogP contribution in [0.4, 0.5) is 5.82 Å². The van der Waals surface area contributed by atoms with E-state index in [0.717, 1.165) is 31.6 Å². The maximum absolute atomic E-state index is 12.5. The van der Waals surface area contributed by atoms with Crippen LogP contribution in [0.5, 0.6) is 0 Å². The monoisotopic (exact) mass is 298 g/mol. The molecule has 0 saturated carbocycles. The number of hydrogen-bond acceptors (Lipinski definition) is 3. The van der Waals surface area contributed by atoms with Crippen LogP contribution in [0.2, 0.25) is 0 Å². The summed E-state index contributed by atoms with van der Waals surface area (Å²) >= 11 is 0. The molecule has 1 amide bonds. The highest BCUT2D eigenvalue weighted by atomic mass is 16.2. The summed E-state index contributed by atoms with van der Waals surface area (Å²) in [7, 11) is 0. The number of carbonyl (C=O) groups is 1. The van der Waals surface area contributed by atoms with Gasteiger partial charge >= 0.3 is 0 Å². The molecule has 0 radical (unpaired) electrons. The van der Waals surface area contributed by atoms with Crippen molar-refractivity contribution in [3.63, 3.8) is 0 Å². The summed E-state index contributed by atoms with van der Waals surface area (Å²) in [6.07, 6.45) is 3.33. The van der Waals surface area contributed by atoms with Gasteiger partial charge in [-0.25, -0.2) is 4.68 Å². The van der Waals surface area contributed by atoms with Crippen LogP contribution in [0, 0.1) is 13.8 Å². The Kier molecular flexibility index (Phi) is 3.88. The highest BCUT2D eigenvalue weighted by Crippen LogP contribution is 2.19. The van der Waals surface area contributed by atoms with Gasteiger partial charge < -0.3 is 10.6 Å². The number of benzene rings is 1. The van der Waals surface area contributed by atoms with Gasteiger partial charge in [0.25, 0.3) is 5.91 Å². The van der Waals surface area contributed by atoms with E-state index in [1.165, 1.54) is 17.5 Å². The Morgan fingerprint density at radius 2 is 1.82 bits per heavy atom. The number of rotatable bonds is 2. The van der Waals surface area contributed by atoms with Gasteiger partial charge in [-0.1, -0.05) is 6.07 Å². The molecule has 0 atom stereocenters. The van der Waals surface area contributed by atoms with Crippen molar-refractivity contribution in [2.75, 3.05) is 18.8 Å². The molecule has 1 fully saturated rings. The fourth-order valence-electron chi connectivity index (χ4n) is 2.82. The van der Waals surface area contributed by atoms with Gasteiger partial charge in [-0.05, 0) is 56.4 Å². The van der Waals surface area contributed by atoms with Crippen LogP contribution >= 0.6 is 0 Å². The first-order valence-electron chi connectivity index (χ1n) is 7.79. The quantitative estimate of drug-likeness (QED) is 0.927. The van der Waals surface area contributed by atoms with Gasteiger partial charge in [-0.3, -0.25) is 4.79 Å². The molecule has 1 saturated heterocycles. The molecular weight excluding hydrogens is 276 g/mol. The number of aromatic nitrogens is 2. The number of nitrogens with zero attached hydrogens (tertiary/aromatic N) is 3. The molecule has 3 rings (SSSR count). The topological polar surface area (TPSA) is 64.2 Å². The van der Waals surface area contributed by atoms with Crippen molar-refractivity contribution in [2.24, 2.45) is 0 Å². The van der Waals surface area contributed by atoms with E-state index in [4.69, 9.17) is 5.73 Å². The molecule has 5 nitrogen and oxygen atoms in total. The molecule has 0 aliphatic carbocycles. The van der Waals surface area contributed by atoms with Crippen LogP contribution in [0.25, 0.3) is 5.69 Å². The second-order valence-corrected chi connectivity index (χ2v) is 5.99. The third-order valence-corrected chi connectivity index (χ3v) is 4.33. The fourth-order valence-corrected chi connectivity index (χ4v) is 2.82. The number of nitrogen functional groups attached to an aromatic ring is 1. The first kappa shape index (κ1) is 14.6. The van der Waals surface area contributed by atoms with E-state index in [1.54, 1.807) is 10.7 Å². The Hall–Kier alpha value is -2.30. The summed E-state index contributed by atoms with van der Waals surface area (Å²) in [4.78, 5) is 14.4. The molecule has 1 aromatic heterocycles. The third-order valence-electron chi connectivity index (χ3n) is 4.33. The second kappa shape index (κ2) is 5.83. The first-order valence-corrected chi connectivity index (χ1v) is 7.79. The Morgan fingerprint density at radius 3 is 2.50 bits per heavy atom. The van der Waals surface area contributed by atoms with Crippen LogP contribution in [0.15, 0.2) is 24.3 Å². The lowest BCUT2D eigenvalue weighted by atomic mass is 10.1. The molecule has 116 valence electrons. The van der Waals surface area contributed by atoms with Crippen molar-refractivity contribution < 1.29 is 4.79 Å². The Bertz CT molecular complexity index is 699. The van der Waals surface area contributed by atoms with E-state index in [-0.39, 0.29) is 5.91 Å². The molecule has 0 unspecified atom stereocenters. The molecule has 0 spiro atoms. The summed E-state index contributed by atoms with van der Waals surface area (Å²) in [6, 6.07) is 7.72. The van der Waals surface area contributed by atoms with Crippen LogP contribution in [-0.4, -0.2) is 33.7 Å². The minimum Gasteiger partial charge on any atom is -0.384 e. The first-order chi connectivity index (χ1) is 10.6. The minimum atomic E-state index is -0.0195. The minimum absolute atomic E-state index is 0.0195. The lowest BCUT2D eigenvalue weighted by Gasteiger charge is -2.25. The number of likely N-dealkylation sites (tertiary alicyclic amines) is 1. The molecule has 2 heterocycles. The van der Waals surface area contributed by atoms with Crippen LogP contribution < -0.4 is 5.73 Å². The Labute approximate surface area is 130 Å². The van der Waals surface area contributed by atoms with Gasteiger partial charge in [0, 0.05) is 19.2 Å². The third kappa shape index (κ3) is 2.71. The standard InChI is InChI=1S/C17H22N4O/c1-12-6-7-14(10-13(12)2)21-16(18)11-15(19-21)17(22)20-8-4-3-5-9-20/h6-7,10-11H,3-5,8-9,18H2,1-2H3. The number of aryl methyl sites for hydroxylation is 2. The molecule has 5 heteroatoms. The second-order valence-electron chi connectivity index (χ2n) is 5.99. The highest BCUT2D eigenvalue weighted by molar-refractivity contribution is 5.93. The molecular formula is C17H22N4O. The van der Waals surface area contributed by atoms with E-state index in [0.29, 0.717) is 11.5 Å². The number of nitrogens with two attached hydrogens (primary N) is 1. The predicted molar refractivity (Wildman–Crippen MR) is 87.2 cm³/mol. The number of anilines is 1. The van der Waals surface area contributed by atoms with Crippen molar-refractivity contribution in [2.45, 2.75) is 33.1 Å². The van der Waals surface area contributed by atoms with Crippen molar-refractivity contribution in [1.29, 1.82) is 0 Å². The van der Waals surface area contributed by atoms with Crippen molar-refractivity contribution in [3.05, 3.63) is 41.1 Å². The Morgan fingerprint density at radius 1 is 1.09 bits per heavy atom. The van der Waals surface area contributed by atoms with Crippen molar-refractivity contribution >= 4 is 11.7 Å². The summed E-state index contributed by atoms with van der Waals surface area (Å²) in [5, 5.41) is 4.43. The zero-order valence-corrected chi connectivity index (χ0v) is 13.2. The van der Waals surface area contributed by atoms with Crippen LogP contribution in [0.3, 0.4) is 0 Å². The number of hydrogen-bond donors (Lipinski definition) is 1. The van der Waals surface area contributed by atoms with Gasteiger partial charge in [0.1, 0.15) is 5.82 Å². The molecule has 1 aliphatic heterocycles. The SMILES string of the molecule is Cc1ccc(-n2nc(C(=O)N3CCCCC3)cc2N)cc1C. The van der Waals surface area contributed by atoms with E-state index in [2.05, 4.69) is 18.9 Å². The van der Waals surface area contributed by atoms with E-state index in [9.17, 15) is 4.79 Å². The maximum Gasteiger partial charge on any atom is 0.274 e. The van der Waals surface area contributed by atoms with Crippen molar-refractivity contribution in [3.8, 4) is 5.69 Å². The number of carbonyl (C=O) groups excluding carboxylic acids is 1. The smallest absolute Gasteiger partial charge is 0.274 e. The summed E-state index contributed by atoms with van der Waals surface area (Å²) in [5.41, 5.74) is 9.77. The van der Waals surface area contributed by atoms with Crippen LogP contribution in [0.1, 0.15) is 40.9 Å². The van der Waals surface area contributed by atoms with E-state index in [1.807, 2.05) is 23.1 Å². The number of amides is 1. The van der Waals surface area contributed by atoms with Crippen molar-refractivity contribution in [1.82, 2.24) is 14.7 Å². The average molecular weight is 298 g/mol. The van der Waals surface area contributed by atoms with E-state index < -0.39 is 0 Å². The van der Waals surface area contributed by atoms with Crippen LogP contribution in [-0.2, 0) is 0 Å². The van der Waals surface area contributed by atoms with Gasteiger partial charge in [-0.2, -0.15) is 5.10 Å². The largest absolute Gasteiger partial charge is 0.384 e. The zero-order chi connectivity index (χ0) is 15.7. The predicted octanol–water partition coefficient (Wildman–Crippen LogP) is 2.70. The van der Waals surface area contributed by atoms with Gasteiger partial charge in [0.05, 0.1) is 5.69 Å². The molecule has 22 heavy (non-hydrogen) atoms. The molecule has 1 aliphatic rings. The fraction of sp³-hybridized carbons (Fsp3) is 0.412. The van der Waals surface area contributed by atoms with Gasteiger partial charge in [-0.15, -0.1) is 0 Å². The lowest BCUT2D eigenvalue weighted by Crippen LogP contribution is -2.35. The number of piperidine rings is 1. The summed E-state index contributed by atoms with van der Waals surface area (Å²) in [6.45, 7) is 5.75. The molecule has 2 N–H and O–H groups in total. The normalized spacial score (nSPS) is 15.1. The maximum atomic E-state index is 12.5. The highest BCUT2D eigenvalue weighted by Gasteiger charge is 2.21. The van der Waals surface area contributed by atoms with Gasteiger partial charge in [0.15, 0.2) is 5.69 Å². The molecule has 1 aromatic carbocycles. The Balaban J connectivity index is 1.89. The molecule has 2 aromatic rings. The average Bonchev–Trinajstić information content (AvgIpc) is 2.92. The van der Waals surface area contributed by atoms with Gasteiger partial charge in [0.2, 0.25) is 0 Å².